The topological polar surface area (TPSA) is 59.8 Å². The average molecular weight is 270 g/mol. The molecule has 0 aliphatic carbocycles. The van der Waals surface area contributed by atoms with Crippen molar-refractivity contribution in [1.82, 2.24) is 20.3 Å². The minimum atomic E-state index is 0.0487. The molecule has 0 spiro atoms. The number of nitrogens with one attached hydrogen (secondary N) is 1. The zero-order chi connectivity index (χ0) is 13.9. The maximum absolute atomic E-state index is 11.7. The van der Waals surface area contributed by atoms with Crippen LogP contribution in [0.2, 0.25) is 0 Å². The standard InChI is InChI=1S/C15H18N4O/c1-11(20)13-6-2-3-7-14(13)15-10-19(18-17-15)9-12-5-4-8-16-12/h2-3,6-7,10,12,16H,4-5,8-9H2,1H3/t12-/m1/s1. The third kappa shape index (κ3) is 2.63. The van der Waals surface area contributed by atoms with Gasteiger partial charge < -0.3 is 5.32 Å². The van der Waals surface area contributed by atoms with Gasteiger partial charge in [0.25, 0.3) is 0 Å². The second-order valence-corrected chi connectivity index (χ2v) is 5.22. The summed E-state index contributed by atoms with van der Waals surface area (Å²) in [7, 11) is 0. The van der Waals surface area contributed by atoms with E-state index in [4.69, 9.17) is 0 Å². The van der Waals surface area contributed by atoms with Crippen LogP contribution in [-0.2, 0) is 6.54 Å². The van der Waals surface area contributed by atoms with Gasteiger partial charge in [-0.3, -0.25) is 9.48 Å². The van der Waals surface area contributed by atoms with E-state index in [-0.39, 0.29) is 5.78 Å². The summed E-state index contributed by atoms with van der Waals surface area (Å²) >= 11 is 0. The lowest BCUT2D eigenvalue weighted by Gasteiger charge is -2.08. The SMILES string of the molecule is CC(=O)c1ccccc1-c1cn(C[C@H]2CCCN2)nn1. The zero-order valence-electron chi connectivity index (χ0n) is 11.5. The predicted octanol–water partition coefficient (Wildman–Crippen LogP) is 1.90. The number of hydrogen-bond acceptors (Lipinski definition) is 4. The number of aromatic nitrogens is 3. The Balaban J connectivity index is 1.84. The van der Waals surface area contributed by atoms with Gasteiger partial charge in [0.15, 0.2) is 5.78 Å². The number of Topliss-reactive ketones (excluding diaryl/α,β-unsaturated/α-hetero) is 1. The van der Waals surface area contributed by atoms with E-state index in [0.29, 0.717) is 11.6 Å². The Morgan fingerprint density at radius 2 is 2.30 bits per heavy atom. The lowest BCUT2D eigenvalue weighted by atomic mass is 10.0. The summed E-state index contributed by atoms with van der Waals surface area (Å²) in [5.74, 6) is 0.0487. The molecule has 1 N–H and O–H groups in total. The van der Waals surface area contributed by atoms with E-state index >= 15 is 0 Å². The zero-order valence-corrected chi connectivity index (χ0v) is 11.5. The lowest BCUT2D eigenvalue weighted by molar-refractivity contribution is 0.101. The van der Waals surface area contributed by atoms with Crippen molar-refractivity contribution < 1.29 is 4.79 Å². The van der Waals surface area contributed by atoms with E-state index in [1.807, 2.05) is 35.1 Å². The quantitative estimate of drug-likeness (QED) is 0.862. The third-order valence-corrected chi connectivity index (χ3v) is 3.69. The molecule has 1 atom stereocenters. The summed E-state index contributed by atoms with van der Waals surface area (Å²) in [5.41, 5.74) is 2.30. The fourth-order valence-corrected chi connectivity index (χ4v) is 2.66. The van der Waals surface area contributed by atoms with Gasteiger partial charge >= 0.3 is 0 Å². The summed E-state index contributed by atoms with van der Waals surface area (Å²) < 4.78 is 1.86. The summed E-state index contributed by atoms with van der Waals surface area (Å²) in [6.07, 6.45) is 4.32. The molecule has 104 valence electrons. The van der Waals surface area contributed by atoms with Gasteiger partial charge in [0.1, 0.15) is 5.69 Å². The molecule has 0 unspecified atom stereocenters. The predicted molar refractivity (Wildman–Crippen MR) is 76.5 cm³/mol. The van der Waals surface area contributed by atoms with Crippen molar-refractivity contribution in [2.24, 2.45) is 0 Å². The molecule has 1 saturated heterocycles. The molecule has 5 heteroatoms. The van der Waals surface area contributed by atoms with Crippen molar-refractivity contribution in [3.8, 4) is 11.3 Å². The second-order valence-electron chi connectivity index (χ2n) is 5.22. The van der Waals surface area contributed by atoms with Crippen LogP contribution in [0.4, 0.5) is 0 Å². The first-order valence-corrected chi connectivity index (χ1v) is 6.98. The molecule has 5 nitrogen and oxygen atoms in total. The van der Waals surface area contributed by atoms with E-state index < -0.39 is 0 Å². The van der Waals surface area contributed by atoms with Crippen LogP contribution in [0.1, 0.15) is 30.1 Å². The Hall–Kier alpha value is -2.01. The maximum Gasteiger partial charge on any atom is 0.160 e. The molecular weight excluding hydrogens is 252 g/mol. The molecule has 0 bridgehead atoms. The normalized spacial score (nSPS) is 18.4. The molecule has 0 amide bonds. The second kappa shape index (κ2) is 5.54. The number of carbonyl (C=O) groups is 1. The smallest absolute Gasteiger partial charge is 0.160 e. The number of carbonyl (C=O) groups excluding carboxylic acids is 1. The van der Waals surface area contributed by atoms with Crippen LogP contribution < -0.4 is 5.32 Å². The van der Waals surface area contributed by atoms with Gasteiger partial charge in [-0.05, 0) is 26.3 Å². The largest absolute Gasteiger partial charge is 0.312 e. The Morgan fingerprint density at radius 3 is 3.05 bits per heavy atom. The van der Waals surface area contributed by atoms with Crippen LogP contribution in [0.3, 0.4) is 0 Å². The minimum absolute atomic E-state index is 0.0487. The number of ketones is 1. The molecule has 1 fully saturated rings. The molecule has 20 heavy (non-hydrogen) atoms. The first kappa shape index (κ1) is 13.0. The van der Waals surface area contributed by atoms with Crippen LogP contribution in [0.5, 0.6) is 0 Å². The van der Waals surface area contributed by atoms with Gasteiger partial charge in [-0.15, -0.1) is 5.10 Å². The van der Waals surface area contributed by atoms with Crippen LogP contribution in [0, 0.1) is 0 Å². The Labute approximate surface area is 118 Å². The van der Waals surface area contributed by atoms with Gasteiger partial charge in [-0.2, -0.15) is 0 Å². The Bertz CT molecular complexity index is 614. The number of hydrogen-bond donors (Lipinski definition) is 1. The Morgan fingerprint density at radius 1 is 1.45 bits per heavy atom. The highest BCUT2D eigenvalue weighted by molar-refractivity contribution is 6.00. The molecule has 1 aliphatic rings. The van der Waals surface area contributed by atoms with Crippen LogP contribution in [0.25, 0.3) is 11.3 Å². The van der Waals surface area contributed by atoms with Crippen molar-refractivity contribution in [3.05, 3.63) is 36.0 Å². The molecule has 0 saturated carbocycles. The monoisotopic (exact) mass is 270 g/mol. The highest BCUT2D eigenvalue weighted by Crippen LogP contribution is 2.21. The first-order chi connectivity index (χ1) is 9.74. The molecule has 1 aromatic carbocycles. The number of nitrogens with zero attached hydrogens (tertiary/aromatic N) is 3. The first-order valence-electron chi connectivity index (χ1n) is 6.98. The van der Waals surface area contributed by atoms with Crippen molar-refractivity contribution >= 4 is 5.78 Å². The molecule has 0 radical (unpaired) electrons. The molecule has 2 aromatic rings. The van der Waals surface area contributed by atoms with Crippen LogP contribution >= 0.6 is 0 Å². The molecule has 1 aromatic heterocycles. The molecule has 1 aliphatic heterocycles. The van der Waals surface area contributed by atoms with E-state index in [2.05, 4.69) is 15.6 Å². The number of rotatable bonds is 4. The molecule has 2 heterocycles. The summed E-state index contributed by atoms with van der Waals surface area (Å²) in [5, 5.41) is 11.8. The van der Waals surface area contributed by atoms with Gasteiger partial charge in [-0.25, -0.2) is 0 Å². The van der Waals surface area contributed by atoms with E-state index in [0.717, 1.165) is 24.3 Å². The van der Waals surface area contributed by atoms with Crippen molar-refractivity contribution in [2.75, 3.05) is 6.54 Å². The van der Waals surface area contributed by atoms with Crippen molar-refractivity contribution in [2.45, 2.75) is 32.4 Å². The van der Waals surface area contributed by atoms with Crippen molar-refractivity contribution in [3.63, 3.8) is 0 Å². The minimum Gasteiger partial charge on any atom is -0.312 e. The van der Waals surface area contributed by atoms with Crippen LogP contribution in [-0.4, -0.2) is 33.4 Å². The third-order valence-electron chi connectivity index (χ3n) is 3.69. The van der Waals surface area contributed by atoms with Gasteiger partial charge in [0, 0.05) is 17.2 Å². The van der Waals surface area contributed by atoms with E-state index in [1.165, 1.54) is 12.8 Å². The van der Waals surface area contributed by atoms with Gasteiger partial charge in [-0.1, -0.05) is 29.5 Å². The van der Waals surface area contributed by atoms with Gasteiger partial charge in [0.2, 0.25) is 0 Å². The summed E-state index contributed by atoms with van der Waals surface area (Å²) in [4.78, 5) is 11.7. The maximum atomic E-state index is 11.7. The average Bonchev–Trinajstić information content (AvgIpc) is 3.11. The van der Waals surface area contributed by atoms with E-state index in [9.17, 15) is 4.79 Å². The van der Waals surface area contributed by atoms with E-state index in [1.54, 1.807) is 6.92 Å². The fourth-order valence-electron chi connectivity index (χ4n) is 2.66. The number of benzene rings is 1. The fraction of sp³-hybridized carbons (Fsp3) is 0.400. The molecular formula is C15H18N4O. The Kier molecular flexibility index (Phi) is 3.60. The van der Waals surface area contributed by atoms with Crippen LogP contribution in [0.15, 0.2) is 30.5 Å². The lowest BCUT2D eigenvalue weighted by Crippen LogP contribution is -2.26. The molecule has 3 rings (SSSR count). The van der Waals surface area contributed by atoms with Gasteiger partial charge in [0.05, 0.1) is 12.7 Å². The summed E-state index contributed by atoms with van der Waals surface area (Å²) in [6, 6.07) is 8.01. The summed E-state index contributed by atoms with van der Waals surface area (Å²) in [6.45, 7) is 3.49. The highest BCUT2D eigenvalue weighted by Gasteiger charge is 2.16. The van der Waals surface area contributed by atoms with Crippen molar-refractivity contribution in [1.29, 1.82) is 0 Å². The highest BCUT2D eigenvalue weighted by atomic mass is 16.1.